The zero-order valence-electron chi connectivity index (χ0n) is 16.1. The Labute approximate surface area is 155 Å². The Balaban J connectivity index is 1.90. The monoisotopic (exact) mass is 363 g/mol. The van der Waals surface area contributed by atoms with E-state index in [-0.39, 0.29) is 11.7 Å². The van der Waals surface area contributed by atoms with Crippen molar-refractivity contribution in [1.29, 1.82) is 0 Å². The number of amides is 1. The quantitative estimate of drug-likeness (QED) is 0.526. The second-order valence-electron chi connectivity index (χ2n) is 6.61. The average Bonchev–Trinajstić information content (AvgIpc) is 2.68. The second-order valence-corrected chi connectivity index (χ2v) is 6.61. The molecule has 0 bridgehead atoms. The van der Waals surface area contributed by atoms with Crippen molar-refractivity contribution >= 4 is 11.6 Å². The van der Waals surface area contributed by atoms with Gasteiger partial charge in [0.2, 0.25) is 5.91 Å². The lowest BCUT2D eigenvalue weighted by atomic mass is 9.88. The van der Waals surface area contributed by atoms with Crippen molar-refractivity contribution in [1.82, 2.24) is 9.80 Å². The van der Waals surface area contributed by atoms with Crippen molar-refractivity contribution in [3.8, 4) is 0 Å². The van der Waals surface area contributed by atoms with E-state index in [9.17, 15) is 9.18 Å². The van der Waals surface area contributed by atoms with Gasteiger partial charge in [0, 0.05) is 32.0 Å². The van der Waals surface area contributed by atoms with Gasteiger partial charge in [-0.1, -0.05) is 24.2 Å². The lowest BCUT2D eigenvalue weighted by Gasteiger charge is -2.33. The number of hydrogen-bond acceptors (Lipinski definition) is 4. The number of oxime groups is 1. The average molecular weight is 363 g/mol. The number of carbonyl (C=O) groups excluding carboxylic acids is 1. The fourth-order valence-electron chi connectivity index (χ4n) is 3.46. The largest absolute Gasteiger partial charge is 0.399 e. The lowest BCUT2D eigenvalue weighted by molar-refractivity contribution is -0.130. The summed E-state index contributed by atoms with van der Waals surface area (Å²) in [6.45, 7) is 8.31. The minimum Gasteiger partial charge on any atom is -0.399 e. The van der Waals surface area contributed by atoms with E-state index in [1.807, 2.05) is 18.7 Å². The van der Waals surface area contributed by atoms with E-state index in [4.69, 9.17) is 4.84 Å². The number of likely N-dealkylation sites (tertiary alicyclic amines) is 1. The van der Waals surface area contributed by atoms with Crippen molar-refractivity contribution < 1.29 is 14.0 Å². The van der Waals surface area contributed by atoms with E-state index in [1.54, 1.807) is 19.2 Å². The first-order valence-corrected chi connectivity index (χ1v) is 9.46. The molecule has 0 unspecified atom stereocenters. The Hall–Kier alpha value is -1.95. The molecule has 1 aliphatic heterocycles. The second kappa shape index (κ2) is 10.3. The molecule has 2 rings (SSSR count). The molecule has 1 aromatic carbocycles. The molecule has 1 saturated heterocycles. The van der Waals surface area contributed by atoms with Crippen molar-refractivity contribution in [2.45, 2.75) is 33.1 Å². The molecule has 0 N–H and O–H groups in total. The van der Waals surface area contributed by atoms with Gasteiger partial charge in [-0.3, -0.25) is 4.79 Å². The maximum Gasteiger partial charge on any atom is 0.222 e. The van der Waals surface area contributed by atoms with Crippen LogP contribution in [0.3, 0.4) is 0 Å². The number of piperidine rings is 1. The first-order valence-electron chi connectivity index (χ1n) is 9.46. The number of benzene rings is 1. The van der Waals surface area contributed by atoms with Crippen LogP contribution >= 0.6 is 0 Å². The van der Waals surface area contributed by atoms with Gasteiger partial charge in [-0.15, -0.1) is 0 Å². The number of likely N-dealkylation sites (N-methyl/N-ethyl adjacent to an activating group) is 1. The zero-order chi connectivity index (χ0) is 18.9. The van der Waals surface area contributed by atoms with Crippen molar-refractivity contribution in [3.05, 3.63) is 35.6 Å². The van der Waals surface area contributed by atoms with Gasteiger partial charge in [0.1, 0.15) is 12.9 Å². The fourth-order valence-corrected chi connectivity index (χ4v) is 3.46. The highest BCUT2D eigenvalue weighted by Gasteiger charge is 2.25. The van der Waals surface area contributed by atoms with Crippen LogP contribution in [0.4, 0.5) is 4.39 Å². The summed E-state index contributed by atoms with van der Waals surface area (Å²) in [4.78, 5) is 21.2. The Morgan fingerprint density at radius 2 is 1.92 bits per heavy atom. The summed E-state index contributed by atoms with van der Waals surface area (Å²) in [6, 6.07) is 6.43. The smallest absolute Gasteiger partial charge is 0.222 e. The standard InChI is InChI=1S/C20H30FN3O2/c1-4-19(25)24(5-2)15-14-23-12-10-17(11-13-23)20(22-26-3)16-6-8-18(21)9-7-16/h6-9,17H,4-5,10-15H2,1-3H3/b22-20+. The van der Waals surface area contributed by atoms with Gasteiger partial charge in [0.05, 0.1) is 5.71 Å². The highest BCUT2D eigenvalue weighted by molar-refractivity contribution is 6.02. The van der Waals surface area contributed by atoms with E-state index in [0.29, 0.717) is 12.3 Å². The summed E-state index contributed by atoms with van der Waals surface area (Å²) >= 11 is 0. The van der Waals surface area contributed by atoms with Crippen LogP contribution < -0.4 is 0 Å². The molecule has 5 nitrogen and oxygen atoms in total. The molecule has 1 heterocycles. The van der Waals surface area contributed by atoms with Crippen LogP contribution in [-0.4, -0.2) is 61.3 Å². The van der Waals surface area contributed by atoms with Gasteiger partial charge in [0.15, 0.2) is 0 Å². The van der Waals surface area contributed by atoms with Gasteiger partial charge in [-0.2, -0.15) is 0 Å². The Morgan fingerprint density at radius 3 is 2.46 bits per heavy atom. The molecular formula is C20H30FN3O2. The predicted molar refractivity (Wildman–Crippen MR) is 102 cm³/mol. The minimum atomic E-state index is -0.248. The molecule has 26 heavy (non-hydrogen) atoms. The topological polar surface area (TPSA) is 45.1 Å². The summed E-state index contributed by atoms with van der Waals surface area (Å²) in [7, 11) is 1.54. The minimum absolute atomic E-state index is 0.216. The molecule has 0 saturated carbocycles. The van der Waals surface area contributed by atoms with E-state index in [0.717, 1.165) is 56.8 Å². The molecule has 0 atom stereocenters. The Kier molecular flexibility index (Phi) is 8.04. The molecular weight excluding hydrogens is 333 g/mol. The van der Waals surface area contributed by atoms with Crippen LogP contribution in [0.1, 0.15) is 38.7 Å². The van der Waals surface area contributed by atoms with Gasteiger partial charge >= 0.3 is 0 Å². The Bertz CT molecular complexity index is 596. The van der Waals surface area contributed by atoms with E-state index < -0.39 is 0 Å². The van der Waals surface area contributed by atoms with Crippen molar-refractivity contribution in [3.63, 3.8) is 0 Å². The molecule has 6 heteroatoms. The first kappa shape index (κ1) is 20.4. The van der Waals surface area contributed by atoms with Gasteiger partial charge in [0.25, 0.3) is 0 Å². The molecule has 1 aliphatic rings. The number of halogens is 1. The summed E-state index contributed by atoms with van der Waals surface area (Å²) < 4.78 is 13.2. The van der Waals surface area contributed by atoms with E-state index >= 15 is 0 Å². The summed E-state index contributed by atoms with van der Waals surface area (Å²) in [6.07, 6.45) is 2.52. The maximum atomic E-state index is 13.2. The SMILES string of the molecule is CCC(=O)N(CC)CCN1CCC(/C(=N/OC)c2ccc(F)cc2)CC1. The van der Waals surface area contributed by atoms with Crippen molar-refractivity contribution in [2.75, 3.05) is 39.8 Å². The van der Waals surface area contributed by atoms with Crippen molar-refractivity contribution in [2.24, 2.45) is 11.1 Å². The third kappa shape index (κ3) is 5.53. The molecule has 0 spiro atoms. The summed E-state index contributed by atoms with van der Waals surface area (Å²) in [5, 5.41) is 4.22. The highest BCUT2D eigenvalue weighted by atomic mass is 19.1. The molecule has 0 radical (unpaired) electrons. The van der Waals surface area contributed by atoms with Crippen LogP contribution in [0.15, 0.2) is 29.4 Å². The molecule has 144 valence electrons. The van der Waals surface area contributed by atoms with Crippen LogP contribution in [0.2, 0.25) is 0 Å². The summed E-state index contributed by atoms with van der Waals surface area (Å²) in [5.41, 5.74) is 1.81. The highest BCUT2D eigenvalue weighted by Crippen LogP contribution is 2.23. The molecule has 0 aromatic heterocycles. The zero-order valence-corrected chi connectivity index (χ0v) is 16.1. The number of rotatable bonds is 8. The van der Waals surface area contributed by atoms with Crippen LogP contribution in [-0.2, 0) is 9.63 Å². The third-order valence-corrected chi connectivity index (χ3v) is 5.03. The van der Waals surface area contributed by atoms with Crippen LogP contribution in [0.25, 0.3) is 0 Å². The van der Waals surface area contributed by atoms with Crippen LogP contribution in [0.5, 0.6) is 0 Å². The molecule has 1 fully saturated rings. The first-order chi connectivity index (χ1) is 12.6. The van der Waals surface area contributed by atoms with Gasteiger partial charge in [-0.05, 0) is 50.6 Å². The fraction of sp³-hybridized carbons (Fsp3) is 0.600. The molecule has 0 aliphatic carbocycles. The Morgan fingerprint density at radius 1 is 1.27 bits per heavy atom. The van der Waals surface area contributed by atoms with Gasteiger partial charge < -0.3 is 14.6 Å². The lowest BCUT2D eigenvalue weighted by Crippen LogP contribution is -2.42. The van der Waals surface area contributed by atoms with E-state index in [1.165, 1.54) is 12.1 Å². The number of nitrogens with zero attached hydrogens (tertiary/aromatic N) is 3. The number of carbonyl (C=O) groups is 1. The predicted octanol–water partition coefficient (Wildman–Crippen LogP) is 3.15. The van der Waals surface area contributed by atoms with Gasteiger partial charge in [-0.25, -0.2) is 4.39 Å². The molecule has 1 aromatic rings. The molecule has 1 amide bonds. The van der Waals surface area contributed by atoms with Crippen LogP contribution in [0, 0.1) is 11.7 Å². The summed E-state index contributed by atoms with van der Waals surface area (Å²) in [5.74, 6) is 0.270. The third-order valence-electron chi connectivity index (χ3n) is 5.03. The maximum absolute atomic E-state index is 13.2. The normalized spacial score (nSPS) is 16.5. The van der Waals surface area contributed by atoms with E-state index in [2.05, 4.69) is 10.1 Å². The number of hydrogen-bond donors (Lipinski definition) is 0.